The fraction of sp³-hybridized carbons (Fsp3) is 0.174. The van der Waals surface area contributed by atoms with Gasteiger partial charge in [0.2, 0.25) is 0 Å². The molecule has 3 aromatic carbocycles. The van der Waals surface area contributed by atoms with Gasteiger partial charge >= 0.3 is 0 Å². The van der Waals surface area contributed by atoms with E-state index in [1.807, 2.05) is 51.1 Å². The summed E-state index contributed by atoms with van der Waals surface area (Å²) >= 11 is 0. The van der Waals surface area contributed by atoms with Gasteiger partial charge in [0.05, 0.1) is 10.6 Å². The minimum absolute atomic E-state index is 0.109. The van der Waals surface area contributed by atoms with Gasteiger partial charge in [0.15, 0.2) is 6.61 Å². The third-order valence-corrected chi connectivity index (χ3v) is 6.02. The highest BCUT2D eigenvalue weighted by atomic mass is 32.2. The summed E-state index contributed by atoms with van der Waals surface area (Å²) in [4.78, 5) is 12.3. The van der Waals surface area contributed by atoms with Crippen LogP contribution in [0.25, 0.3) is 0 Å². The molecular weight excluding hydrogens is 400 g/mol. The molecule has 156 valence electrons. The number of carbonyl (C=O) groups is 1. The number of para-hydroxylation sites is 2. The second kappa shape index (κ2) is 9.00. The SMILES string of the molecule is Cc1ccccc1NS(=O)(=O)c1ccc(OCC(=O)Nc2c(C)cccc2C)cc1. The zero-order valence-electron chi connectivity index (χ0n) is 17.1. The van der Waals surface area contributed by atoms with E-state index in [2.05, 4.69) is 10.0 Å². The molecule has 30 heavy (non-hydrogen) atoms. The Morgan fingerprint density at radius 2 is 1.43 bits per heavy atom. The first-order chi connectivity index (χ1) is 14.3. The van der Waals surface area contributed by atoms with Gasteiger partial charge in [-0.25, -0.2) is 8.42 Å². The molecule has 0 radical (unpaired) electrons. The standard InChI is InChI=1S/C23H24N2O4S/c1-16-7-4-5-10-21(16)25-30(27,28)20-13-11-19(12-14-20)29-15-22(26)24-23-17(2)8-6-9-18(23)3/h4-14,25H,15H2,1-3H3,(H,24,26). The Balaban J connectivity index is 1.62. The van der Waals surface area contributed by atoms with E-state index in [-0.39, 0.29) is 17.4 Å². The lowest BCUT2D eigenvalue weighted by atomic mass is 10.1. The third kappa shape index (κ3) is 5.18. The number of carbonyl (C=O) groups excluding carboxylic acids is 1. The molecule has 0 unspecified atom stereocenters. The van der Waals surface area contributed by atoms with Crippen LogP contribution in [0.1, 0.15) is 16.7 Å². The number of ether oxygens (including phenoxy) is 1. The molecule has 0 spiro atoms. The lowest BCUT2D eigenvalue weighted by molar-refractivity contribution is -0.118. The minimum Gasteiger partial charge on any atom is -0.484 e. The summed E-state index contributed by atoms with van der Waals surface area (Å²) in [6.45, 7) is 5.50. The highest BCUT2D eigenvalue weighted by molar-refractivity contribution is 7.92. The number of hydrogen-bond acceptors (Lipinski definition) is 4. The van der Waals surface area contributed by atoms with Crippen LogP contribution in [0.2, 0.25) is 0 Å². The summed E-state index contributed by atoms with van der Waals surface area (Å²) in [6.07, 6.45) is 0. The Labute approximate surface area is 177 Å². The van der Waals surface area contributed by atoms with Crippen LogP contribution in [-0.2, 0) is 14.8 Å². The number of rotatable bonds is 7. The highest BCUT2D eigenvalue weighted by Gasteiger charge is 2.15. The van der Waals surface area contributed by atoms with Crippen LogP contribution >= 0.6 is 0 Å². The number of anilines is 2. The van der Waals surface area contributed by atoms with Crippen LogP contribution in [0, 0.1) is 20.8 Å². The molecule has 0 bridgehead atoms. The van der Waals surface area contributed by atoms with Crippen molar-refractivity contribution in [1.29, 1.82) is 0 Å². The van der Waals surface area contributed by atoms with Crippen LogP contribution in [-0.4, -0.2) is 20.9 Å². The van der Waals surface area contributed by atoms with E-state index in [9.17, 15) is 13.2 Å². The van der Waals surface area contributed by atoms with E-state index < -0.39 is 10.0 Å². The average Bonchev–Trinajstić information content (AvgIpc) is 2.71. The van der Waals surface area contributed by atoms with Gasteiger partial charge in [0.25, 0.3) is 15.9 Å². The Bertz CT molecular complexity index is 1140. The number of nitrogens with one attached hydrogen (secondary N) is 2. The van der Waals surface area contributed by atoms with E-state index in [4.69, 9.17) is 4.74 Å². The van der Waals surface area contributed by atoms with Crippen LogP contribution < -0.4 is 14.8 Å². The normalized spacial score (nSPS) is 11.0. The van der Waals surface area contributed by atoms with E-state index in [1.165, 1.54) is 24.3 Å². The maximum absolute atomic E-state index is 12.6. The smallest absolute Gasteiger partial charge is 0.262 e. The van der Waals surface area contributed by atoms with Crippen molar-refractivity contribution in [1.82, 2.24) is 0 Å². The zero-order chi connectivity index (χ0) is 21.7. The molecule has 0 aliphatic heterocycles. The number of benzene rings is 3. The van der Waals surface area contributed by atoms with Crippen molar-refractivity contribution >= 4 is 27.3 Å². The van der Waals surface area contributed by atoms with Gasteiger partial charge in [-0.05, 0) is 67.8 Å². The molecule has 0 fully saturated rings. The second-order valence-corrected chi connectivity index (χ2v) is 8.68. The van der Waals surface area contributed by atoms with Gasteiger partial charge in [-0.15, -0.1) is 0 Å². The molecule has 6 nitrogen and oxygen atoms in total. The van der Waals surface area contributed by atoms with Crippen LogP contribution in [0.15, 0.2) is 71.6 Å². The Morgan fingerprint density at radius 3 is 2.07 bits per heavy atom. The van der Waals surface area contributed by atoms with Crippen molar-refractivity contribution in [3.8, 4) is 5.75 Å². The molecule has 0 atom stereocenters. The maximum atomic E-state index is 12.6. The summed E-state index contributed by atoms with van der Waals surface area (Å²) in [6, 6.07) is 18.9. The summed E-state index contributed by atoms with van der Waals surface area (Å²) in [5.41, 5.74) is 4.07. The van der Waals surface area contributed by atoms with Crippen LogP contribution in [0.5, 0.6) is 5.75 Å². The summed E-state index contributed by atoms with van der Waals surface area (Å²) in [5.74, 6) is 0.117. The predicted molar refractivity (Wildman–Crippen MR) is 118 cm³/mol. The predicted octanol–water partition coefficient (Wildman–Crippen LogP) is 4.43. The number of aryl methyl sites for hydroxylation is 3. The van der Waals surface area contributed by atoms with E-state index >= 15 is 0 Å². The minimum atomic E-state index is -3.72. The number of sulfonamides is 1. The van der Waals surface area contributed by atoms with Crippen molar-refractivity contribution in [2.75, 3.05) is 16.6 Å². The highest BCUT2D eigenvalue weighted by Crippen LogP contribution is 2.22. The molecule has 2 N–H and O–H groups in total. The molecule has 0 saturated carbocycles. The quantitative estimate of drug-likeness (QED) is 0.588. The Morgan fingerprint density at radius 1 is 0.833 bits per heavy atom. The molecule has 3 aromatic rings. The molecule has 0 saturated heterocycles. The monoisotopic (exact) mass is 424 g/mol. The van der Waals surface area contributed by atoms with Crippen LogP contribution in [0.3, 0.4) is 0 Å². The largest absolute Gasteiger partial charge is 0.484 e. The first kappa shape index (κ1) is 21.4. The zero-order valence-corrected chi connectivity index (χ0v) is 17.9. The molecule has 1 amide bonds. The molecule has 0 aromatic heterocycles. The van der Waals surface area contributed by atoms with E-state index in [1.54, 1.807) is 12.1 Å². The average molecular weight is 425 g/mol. The Hall–Kier alpha value is -3.32. The molecule has 7 heteroatoms. The number of amides is 1. The maximum Gasteiger partial charge on any atom is 0.262 e. The second-order valence-electron chi connectivity index (χ2n) is 7.00. The van der Waals surface area contributed by atoms with Crippen molar-refractivity contribution in [3.05, 3.63) is 83.4 Å². The van der Waals surface area contributed by atoms with Crippen LogP contribution in [0.4, 0.5) is 11.4 Å². The van der Waals surface area contributed by atoms with Gasteiger partial charge in [0.1, 0.15) is 5.75 Å². The fourth-order valence-electron chi connectivity index (χ4n) is 2.94. The molecule has 0 aliphatic carbocycles. The first-order valence-electron chi connectivity index (χ1n) is 9.43. The Kier molecular flexibility index (Phi) is 6.42. The van der Waals surface area contributed by atoms with Gasteiger partial charge in [-0.3, -0.25) is 9.52 Å². The lowest BCUT2D eigenvalue weighted by Crippen LogP contribution is -2.21. The van der Waals surface area contributed by atoms with Crippen molar-refractivity contribution in [2.24, 2.45) is 0 Å². The van der Waals surface area contributed by atoms with E-state index in [0.29, 0.717) is 11.4 Å². The van der Waals surface area contributed by atoms with Gasteiger partial charge in [-0.1, -0.05) is 36.4 Å². The lowest BCUT2D eigenvalue weighted by Gasteiger charge is -2.13. The fourth-order valence-corrected chi connectivity index (χ4v) is 4.07. The third-order valence-electron chi connectivity index (χ3n) is 4.64. The molecule has 0 heterocycles. The van der Waals surface area contributed by atoms with Crippen molar-refractivity contribution < 1.29 is 17.9 Å². The van der Waals surface area contributed by atoms with Gasteiger partial charge < -0.3 is 10.1 Å². The first-order valence-corrected chi connectivity index (χ1v) is 10.9. The van der Waals surface area contributed by atoms with Crippen molar-refractivity contribution in [3.63, 3.8) is 0 Å². The summed E-state index contributed by atoms with van der Waals surface area (Å²) in [7, 11) is -3.72. The topological polar surface area (TPSA) is 84.5 Å². The number of hydrogen-bond donors (Lipinski definition) is 2. The molecule has 3 rings (SSSR count). The molecule has 0 aliphatic rings. The van der Waals surface area contributed by atoms with Gasteiger partial charge in [-0.2, -0.15) is 0 Å². The van der Waals surface area contributed by atoms with Crippen molar-refractivity contribution in [2.45, 2.75) is 25.7 Å². The molecular formula is C23H24N2O4S. The summed E-state index contributed by atoms with van der Waals surface area (Å²) < 4.78 is 33.2. The van der Waals surface area contributed by atoms with E-state index in [0.717, 1.165) is 22.4 Å². The summed E-state index contributed by atoms with van der Waals surface area (Å²) in [5, 5.41) is 2.85. The van der Waals surface area contributed by atoms with Gasteiger partial charge in [0, 0.05) is 5.69 Å².